The van der Waals surface area contributed by atoms with Crippen molar-refractivity contribution in [3.8, 4) is 28.0 Å². The lowest BCUT2D eigenvalue weighted by Crippen LogP contribution is -2.22. The van der Waals surface area contributed by atoms with Gasteiger partial charge < -0.3 is 4.74 Å². The van der Waals surface area contributed by atoms with Gasteiger partial charge in [0.2, 0.25) is 5.82 Å². The summed E-state index contributed by atoms with van der Waals surface area (Å²) in [5.41, 5.74) is 4.08. The fourth-order valence-corrected chi connectivity index (χ4v) is 7.28. The van der Waals surface area contributed by atoms with Crippen LogP contribution >= 0.6 is 0 Å². The molecule has 1 unspecified atom stereocenters. The summed E-state index contributed by atoms with van der Waals surface area (Å²) in [5, 5.41) is 0. The highest BCUT2D eigenvalue weighted by atomic mass is 19.2. The predicted molar refractivity (Wildman–Crippen MR) is 182 cm³/mol. The molecule has 0 heterocycles. The zero-order valence-electron chi connectivity index (χ0n) is 26.9. The monoisotopic (exact) mass is 614 g/mol. The first-order valence-corrected chi connectivity index (χ1v) is 17.3. The third kappa shape index (κ3) is 8.51. The Balaban J connectivity index is 1.17. The minimum Gasteiger partial charge on any atom is -0.490 e. The van der Waals surface area contributed by atoms with Gasteiger partial charge in [0.25, 0.3) is 0 Å². The van der Waals surface area contributed by atoms with E-state index in [2.05, 4.69) is 25.7 Å². The highest BCUT2D eigenvalue weighted by Crippen LogP contribution is 2.42. The van der Waals surface area contributed by atoms with Crippen molar-refractivity contribution >= 4 is 5.57 Å². The Bertz CT molecular complexity index is 1430. The van der Waals surface area contributed by atoms with Crippen molar-refractivity contribution in [1.29, 1.82) is 0 Å². The summed E-state index contributed by atoms with van der Waals surface area (Å²) in [4.78, 5) is 0. The van der Waals surface area contributed by atoms with Gasteiger partial charge in [-0.15, -0.1) is 6.58 Å². The molecular weight excluding hydrogens is 565 g/mol. The fraction of sp³-hybridized carbons (Fsp3) is 0.463. The summed E-state index contributed by atoms with van der Waals surface area (Å²) in [5.74, 6) is 0.00289. The number of hydrogen-bond donors (Lipinski definition) is 0. The van der Waals surface area contributed by atoms with Crippen molar-refractivity contribution in [1.82, 2.24) is 0 Å². The molecule has 0 aromatic heterocycles. The van der Waals surface area contributed by atoms with E-state index in [0.29, 0.717) is 29.2 Å². The van der Waals surface area contributed by atoms with E-state index in [4.69, 9.17) is 4.74 Å². The van der Waals surface area contributed by atoms with Crippen LogP contribution in [-0.4, -0.2) is 6.61 Å². The van der Waals surface area contributed by atoms with Gasteiger partial charge in [0.15, 0.2) is 11.6 Å². The van der Waals surface area contributed by atoms with Gasteiger partial charge >= 0.3 is 0 Å². The van der Waals surface area contributed by atoms with E-state index in [-0.39, 0.29) is 17.1 Å². The summed E-state index contributed by atoms with van der Waals surface area (Å²) in [6, 6.07) is 15.5. The lowest BCUT2D eigenvalue weighted by Gasteiger charge is -2.34. The molecule has 0 N–H and O–H groups in total. The molecule has 0 saturated heterocycles. The summed E-state index contributed by atoms with van der Waals surface area (Å²) >= 11 is 0. The maximum absolute atomic E-state index is 15.4. The van der Waals surface area contributed by atoms with Crippen LogP contribution < -0.4 is 4.74 Å². The largest absolute Gasteiger partial charge is 0.490 e. The van der Waals surface area contributed by atoms with Crippen molar-refractivity contribution in [3.05, 3.63) is 96.3 Å². The van der Waals surface area contributed by atoms with Crippen molar-refractivity contribution in [2.75, 3.05) is 6.61 Å². The zero-order valence-corrected chi connectivity index (χ0v) is 26.9. The van der Waals surface area contributed by atoms with E-state index in [1.165, 1.54) is 69.4 Å². The highest BCUT2D eigenvalue weighted by Gasteiger charge is 2.28. The third-order valence-electron chi connectivity index (χ3n) is 10.2. The Morgan fingerprint density at radius 2 is 1.36 bits per heavy atom. The number of rotatable bonds is 14. The average molecular weight is 615 g/mol. The highest BCUT2D eigenvalue weighted by molar-refractivity contribution is 5.74. The molecular formula is C41H49F3O. The van der Waals surface area contributed by atoms with Gasteiger partial charge in [-0.1, -0.05) is 94.0 Å². The van der Waals surface area contributed by atoms with Gasteiger partial charge in [-0.2, -0.15) is 4.39 Å². The Labute approximate surface area is 268 Å². The van der Waals surface area contributed by atoms with Crippen LogP contribution in [-0.2, 0) is 0 Å². The first kappa shape index (κ1) is 33.1. The molecule has 240 valence electrons. The fourth-order valence-electron chi connectivity index (χ4n) is 7.28. The van der Waals surface area contributed by atoms with Gasteiger partial charge in [-0.25, -0.2) is 8.78 Å². The topological polar surface area (TPSA) is 9.23 Å². The van der Waals surface area contributed by atoms with Crippen LogP contribution in [0, 0.1) is 35.2 Å². The molecule has 0 aliphatic heterocycles. The quantitative estimate of drug-likeness (QED) is 0.130. The van der Waals surface area contributed by atoms with Crippen LogP contribution in [0.3, 0.4) is 0 Å². The summed E-state index contributed by atoms with van der Waals surface area (Å²) < 4.78 is 50.8. The second kappa shape index (κ2) is 16.3. The first-order valence-electron chi connectivity index (χ1n) is 17.3. The van der Waals surface area contributed by atoms with Crippen LogP contribution in [0.15, 0.2) is 73.3 Å². The molecule has 3 aromatic carbocycles. The van der Waals surface area contributed by atoms with Crippen LogP contribution in [0.5, 0.6) is 5.75 Å². The van der Waals surface area contributed by atoms with Crippen LogP contribution in [0.1, 0.15) is 102 Å². The van der Waals surface area contributed by atoms with Gasteiger partial charge in [-0.3, -0.25) is 0 Å². The second-order valence-electron chi connectivity index (χ2n) is 13.2. The summed E-state index contributed by atoms with van der Waals surface area (Å²) in [7, 11) is 0. The van der Waals surface area contributed by atoms with E-state index < -0.39 is 11.6 Å². The minimum atomic E-state index is -0.968. The summed E-state index contributed by atoms with van der Waals surface area (Å²) in [6.45, 7) is 6.54. The molecule has 1 nitrogen and oxygen atoms in total. The number of allylic oxidation sites excluding steroid dienone is 3. The molecule has 0 radical (unpaired) electrons. The first-order chi connectivity index (χ1) is 22.0. The lowest BCUT2D eigenvalue weighted by atomic mass is 9.71. The summed E-state index contributed by atoms with van der Waals surface area (Å²) in [6.07, 6.45) is 20.7. The molecule has 45 heavy (non-hydrogen) atoms. The van der Waals surface area contributed by atoms with E-state index in [1.807, 2.05) is 12.1 Å². The molecule has 1 atom stereocenters. The van der Waals surface area contributed by atoms with E-state index in [1.54, 1.807) is 36.4 Å². The van der Waals surface area contributed by atoms with Crippen LogP contribution in [0.25, 0.3) is 27.8 Å². The van der Waals surface area contributed by atoms with Crippen molar-refractivity contribution in [2.45, 2.75) is 96.8 Å². The number of benzene rings is 3. The standard InChI is InChI=1S/C41H49F3O/c1-3-5-6-7-8-9-10-27-45-39-26-25-37(40(43)41(39)44)34-21-19-33(20-22-34)36-24-23-35(28-38(36)42)32-17-15-31(16-18-32)30-13-11-29(4-2)12-14-30/h4,17,19-26,28-31H,2-3,5-16,18,27H2,1H3. The molecule has 0 spiro atoms. The normalized spacial score (nSPS) is 20.1. The molecule has 0 amide bonds. The molecule has 2 aliphatic carbocycles. The number of halogens is 3. The van der Waals surface area contributed by atoms with Crippen molar-refractivity contribution in [2.24, 2.45) is 17.8 Å². The number of ether oxygens (including phenoxy) is 1. The van der Waals surface area contributed by atoms with Gasteiger partial charge in [-0.05, 0) is 110 Å². The third-order valence-corrected chi connectivity index (χ3v) is 10.2. The van der Waals surface area contributed by atoms with Crippen LogP contribution in [0.4, 0.5) is 13.2 Å². The Kier molecular flexibility index (Phi) is 12.0. The Morgan fingerprint density at radius 1 is 0.711 bits per heavy atom. The SMILES string of the molecule is C=CC1CCC(C2CC=C(c3ccc(-c4ccc(-c5ccc(OCCCCCCCCC)c(F)c5F)cc4)c(F)c3)CC2)CC1. The molecule has 1 saturated carbocycles. The Morgan fingerprint density at radius 3 is 2.00 bits per heavy atom. The molecule has 2 aliphatic rings. The number of hydrogen-bond acceptors (Lipinski definition) is 1. The molecule has 5 rings (SSSR count). The smallest absolute Gasteiger partial charge is 0.201 e. The molecule has 3 aromatic rings. The minimum absolute atomic E-state index is 0.0553. The number of unbranched alkanes of at least 4 members (excludes halogenated alkanes) is 6. The van der Waals surface area contributed by atoms with Gasteiger partial charge in [0, 0.05) is 11.1 Å². The Hall–Kier alpha value is -3.27. The van der Waals surface area contributed by atoms with Crippen molar-refractivity contribution < 1.29 is 17.9 Å². The zero-order chi connectivity index (χ0) is 31.6. The van der Waals surface area contributed by atoms with Crippen molar-refractivity contribution in [3.63, 3.8) is 0 Å². The maximum Gasteiger partial charge on any atom is 0.201 e. The molecule has 1 fully saturated rings. The maximum atomic E-state index is 15.4. The molecule has 0 bridgehead atoms. The van der Waals surface area contributed by atoms with E-state index in [9.17, 15) is 4.39 Å². The van der Waals surface area contributed by atoms with Gasteiger partial charge in [0.05, 0.1) is 6.61 Å². The lowest BCUT2D eigenvalue weighted by molar-refractivity contribution is 0.212. The molecule has 4 heteroatoms. The predicted octanol–water partition coefficient (Wildman–Crippen LogP) is 12.7. The van der Waals surface area contributed by atoms with E-state index >= 15 is 8.78 Å². The van der Waals surface area contributed by atoms with E-state index in [0.717, 1.165) is 49.5 Å². The van der Waals surface area contributed by atoms with Gasteiger partial charge in [0.1, 0.15) is 5.82 Å². The van der Waals surface area contributed by atoms with Crippen LogP contribution in [0.2, 0.25) is 0 Å². The second-order valence-corrected chi connectivity index (χ2v) is 13.2. The average Bonchev–Trinajstić information content (AvgIpc) is 3.08.